The van der Waals surface area contributed by atoms with Crippen LogP contribution in [0.25, 0.3) is 0 Å². The Labute approximate surface area is 134 Å². The minimum absolute atomic E-state index is 0.466. The van der Waals surface area contributed by atoms with Crippen LogP contribution in [-0.2, 0) is 9.84 Å². The van der Waals surface area contributed by atoms with E-state index < -0.39 is 9.84 Å². The maximum atomic E-state index is 13.2. The van der Waals surface area contributed by atoms with E-state index in [4.69, 9.17) is 0 Å². The van der Waals surface area contributed by atoms with Crippen molar-refractivity contribution in [3.63, 3.8) is 0 Å². The fourth-order valence-electron chi connectivity index (χ4n) is 3.32. The number of rotatable bonds is 2. The van der Waals surface area contributed by atoms with Gasteiger partial charge in [0.25, 0.3) is 0 Å². The van der Waals surface area contributed by atoms with Crippen LogP contribution >= 0.6 is 0 Å². The van der Waals surface area contributed by atoms with Crippen LogP contribution in [0.1, 0.15) is 43.9 Å². The molecule has 0 atom stereocenters. The molecule has 0 unspecified atom stereocenters. The zero-order valence-electron chi connectivity index (χ0n) is 14.2. The van der Waals surface area contributed by atoms with Crippen molar-refractivity contribution in [1.29, 1.82) is 0 Å². The first-order chi connectivity index (χ1) is 10.1. The topological polar surface area (TPSA) is 34.1 Å². The van der Waals surface area contributed by atoms with Gasteiger partial charge in [0.15, 0.2) is 0 Å². The van der Waals surface area contributed by atoms with Gasteiger partial charge in [-0.15, -0.1) is 0 Å². The molecule has 0 radical (unpaired) electrons. The molecule has 2 nitrogen and oxygen atoms in total. The van der Waals surface area contributed by atoms with Gasteiger partial charge >= 0.3 is 0 Å². The lowest BCUT2D eigenvalue weighted by molar-refractivity contribution is 0.599. The maximum Gasteiger partial charge on any atom is 0.203 e. The van der Waals surface area contributed by atoms with E-state index in [1.54, 1.807) is 0 Å². The van der Waals surface area contributed by atoms with Gasteiger partial charge in [-0.3, -0.25) is 0 Å². The van der Waals surface area contributed by atoms with Gasteiger partial charge in [0.1, 0.15) is 0 Å². The molecule has 0 saturated heterocycles. The smallest absolute Gasteiger partial charge is 0.203 e. The third-order valence-corrected chi connectivity index (χ3v) is 6.29. The summed E-state index contributed by atoms with van der Waals surface area (Å²) in [5.74, 6) is 0. The Balaban J connectivity index is 2.71. The molecule has 0 aromatic heterocycles. The molecule has 22 heavy (non-hydrogen) atoms. The molecule has 0 spiro atoms. The third-order valence-electron chi connectivity index (χ3n) is 4.00. The lowest BCUT2D eigenvalue weighted by Gasteiger charge is -2.16. The quantitative estimate of drug-likeness (QED) is 0.773. The molecule has 0 saturated carbocycles. The molecule has 0 bridgehead atoms. The van der Waals surface area contributed by atoms with E-state index in [0.29, 0.717) is 16.2 Å². The Kier molecular flexibility index (Phi) is 4.48. The Morgan fingerprint density at radius 3 is 1.95 bits per heavy atom. The van der Waals surface area contributed by atoms with Crippen molar-refractivity contribution in [2.24, 2.45) is 0 Å². The van der Waals surface area contributed by atoms with E-state index in [1.165, 1.54) is 0 Å². The van der Waals surface area contributed by atoms with E-state index in [9.17, 15) is 8.42 Å². The van der Waals surface area contributed by atoms with Gasteiger partial charge in [0.05, 0.1) is 9.80 Å². The number of allylic oxidation sites excluding steroid dienone is 6. The molecule has 1 aliphatic carbocycles. The van der Waals surface area contributed by atoms with Gasteiger partial charge in [-0.05, 0) is 58.2 Å². The molecule has 2 rings (SSSR count). The number of hydrogen-bond donors (Lipinski definition) is 0. The fraction of sp³-hybridized carbons (Fsp3) is 0.368. The largest absolute Gasteiger partial charge is 0.219 e. The first-order valence-electron chi connectivity index (χ1n) is 7.51. The molecule has 0 N–H and O–H groups in total. The highest BCUT2D eigenvalue weighted by Gasteiger charge is 2.27. The predicted octanol–water partition coefficient (Wildman–Crippen LogP) is 4.96. The van der Waals surface area contributed by atoms with Crippen LogP contribution in [0.5, 0.6) is 0 Å². The Bertz CT molecular complexity index is 796. The zero-order chi connectivity index (χ0) is 16.7. The van der Waals surface area contributed by atoms with Crippen molar-refractivity contribution >= 4 is 9.84 Å². The molecule has 1 aromatic rings. The lowest BCUT2D eigenvalue weighted by atomic mass is 10.1. The van der Waals surface area contributed by atoms with Crippen LogP contribution in [0.15, 0.2) is 50.8 Å². The summed E-state index contributed by atoms with van der Waals surface area (Å²) in [6.07, 6.45) is 4.50. The second-order valence-electron chi connectivity index (χ2n) is 6.39. The molecular formula is C19H24O2S. The molecule has 3 heteroatoms. The van der Waals surface area contributed by atoms with Crippen molar-refractivity contribution < 1.29 is 8.42 Å². The predicted molar refractivity (Wildman–Crippen MR) is 92.7 cm³/mol. The Hall–Kier alpha value is -1.61. The number of sulfone groups is 1. The van der Waals surface area contributed by atoms with Gasteiger partial charge in [-0.25, -0.2) is 8.42 Å². The van der Waals surface area contributed by atoms with Crippen molar-refractivity contribution in [1.82, 2.24) is 0 Å². The number of benzene rings is 1. The van der Waals surface area contributed by atoms with Gasteiger partial charge < -0.3 is 0 Å². The van der Waals surface area contributed by atoms with E-state index in [1.807, 2.05) is 59.8 Å². The van der Waals surface area contributed by atoms with E-state index in [0.717, 1.165) is 33.4 Å². The van der Waals surface area contributed by atoms with Crippen molar-refractivity contribution in [2.75, 3.05) is 0 Å². The van der Waals surface area contributed by atoms with Crippen molar-refractivity contribution in [3.8, 4) is 0 Å². The lowest BCUT2D eigenvalue weighted by Crippen LogP contribution is -2.11. The monoisotopic (exact) mass is 316 g/mol. The van der Waals surface area contributed by atoms with Gasteiger partial charge in [0, 0.05) is 6.42 Å². The summed E-state index contributed by atoms with van der Waals surface area (Å²) in [6.45, 7) is 11.6. The fourth-order valence-corrected chi connectivity index (χ4v) is 5.43. The third kappa shape index (κ3) is 3.09. The van der Waals surface area contributed by atoms with Gasteiger partial charge in [-0.1, -0.05) is 41.0 Å². The van der Waals surface area contributed by atoms with Crippen LogP contribution in [0.3, 0.4) is 0 Å². The number of aryl methyl sites for hydroxylation is 3. The summed E-state index contributed by atoms with van der Waals surface area (Å²) >= 11 is 0. The second kappa shape index (κ2) is 5.88. The molecule has 0 amide bonds. The molecule has 0 fully saturated rings. The molecule has 0 heterocycles. The van der Waals surface area contributed by atoms with Crippen LogP contribution in [0.2, 0.25) is 0 Å². The Morgan fingerprint density at radius 1 is 0.864 bits per heavy atom. The summed E-state index contributed by atoms with van der Waals surface area (Å²) in [5, 5.41) is 0. The summed E-state index contributed by atoms with van der Waals surface area (Å²) in [5.41, 5.74) is 5.75. The summed E-state index contributed by atoms with van der Waals surface area (Å²) < 4.78 is 26.5. The van der Waals surface area contributed by atoms with Crippen LogP contribution in [0, 0.1) is 20.8 Å². The molecule has 1 aromatic carbocycles. The van der Waals surface area contributed by atoms with Crippen molar-refractivity contribution in [3.05, 3.63) is 62.6 Å². The van der Waals surface area contributed by atoms with Crippen LogP contribution in [-0.4, -0.2) is 8.42 Å². The first kappa shape index (κ1) is 16.8. The maximum absolute atomic E-state index is 13.2. The molecule has 0 aliphatic heterocycles. The highest BCUT2D eigenvalue weighted by atomic mass is 32.2. The standard InChI is InChI=1S/C19H24O2S/c1-12-7-13(2)11-18(15(4)8-12)22(20,21)19-16(5)9-14(3)10-17(19)6/h7-10H,11H2,1-6H3. The average Bonchev–Trinajstić information content (AvgIpc) is 2.45. The molecule has 118 valence electrons. The molecular weight excluding hydrogens is 292 g/mol. The minimum atomic E-state index is -3.47. The Morgan fingerprint density at radius 2 is 1.41 bits per heavy atom. The highest BCUT2D eigenvalue weighted by molar-refractivity contribution is 7.95. The normalized spacial score (nSPS) is 16.3. The first-order valence-corrected chi connectivity index (χ1v) is 8.99. The second-order valence-corrected chi connectivity index (χ2v) is 8.30. The molecule has 1 aliphatic rings. The number of hydrogen-bond acceptors (Lipinski definition) is 2. The summed E-state index contributed by atoms with van der Waals surface area (Å²) in [7, 11) is -3.47. The highest BCUT2D eigenvalue weighted by Crippen LogP contribution is 2.34. The van der Waals surface area contributed by atoms with E-state index in [-0.39, 0.29) is 0 Å². The van der Waals surface area contributed by atoms with Gasteiger partial charge in [-0.2, -0.15) is 0 Å². The van der Waals surface area contributed by atoms with Gasteiger partial charge in [0.2, 0.25) is 9.84 Å². The van der Waals surface area contributed by atoms with Crippen LogP contribution in [0.4, 0.5) is 0 Å². The average molecular weight is 316 g/mol. The SMILES string of the molecule is CC1=CC(C)=C(S(=O)(=O)c2c(C)cc(C)cc2C)CC(C)=C1. The minimum Gasteiger partial charge on any atom is -0.219 e. The zero-order valence-corrected chi connectivity index (χ0v) is 15.1. The van der Waals surface area contributed by atoms with Crippen LogP contribution < -0.4 is 0 Å². The summed E-state index contributed by atoms with van der Waals surface area (Å²) in [4.78, 5) is 0.987. The summed E-state index contributed by atoms with van der Waals surface area (Å²) in [6, 6.07) is 3.88. The van der Waals surface area contributed by atoms with E-state index in [2.05, 4.69) is 6.08 Å². The van der Waals surface area contributed by atoms with Crippen molar-refractivity contribution in [2.45, 2.75) is 52.9 Å². The van der Waals surface area contributed by atoms with E-state index >= 15 is 0 Å².